The molecule has 0 aromatic rings. The lowest BCUT2D eigenvalue weighted by Gasteiger charge is -2.39. The summed E-state index contributed by atoms with van der Waals surface area (Å²) in [5.74, 6) is -0.258. The van der Waals surface area contributed by atoms with Crippen molar-refractivity contribution in [3.8, 4) is 0 Å². The van der Waals surface area contributed by atoms with Crippen LogP contribution in [0.2, 0.25) is 18.1 Å². The van der Waals surface area contributed by atoms with E-state index in [2.05, 4.69) is 40.8 Å². The van der Waals surface area contributed by atoms with Crippen molar-refractivity contribution in [1.82, 2.24) is 0 Å². The number of hydrogen-bond acceptors (Lipinski definition) is 3. The first-order valence-electron chi connectivity index (χ1n) is 9.65. The fraction of sp³-hybridized carbons (Fsp3) is 0.850. The van der Waals surface area contributed by atoms with Gasteiger partial charge in [-0.25, -0.2) is 4.79 Å². The van der Waals surface area contributed by atoms with Crippen LogP contribution in [-0.2, 0) is 14.0 Å². The van der Waals surface area contributed by atoms with Crippen LogP contribution in [0.15, 0.2) is 12.2 Å². The molecule has 0 rings (SSSR count). The van der Waals surface area contributed by atoms with E-state index < -0.39 is 8.32 Å². The van der Waals surface area contributed by atoms with Crippen LogP contribution in [0.5, 0.6) is 0 Å². The molecule has 0 amide bonds. The third-order valence-corrected chi connectivity index (χ3v) is 9.37. The van der Waals surface area contributed by atoms with Gasteiger partial charge in [0.25, 0.3) is 0 Å². The highest BCUT2D eigenvalue weighted by Gasteiger charge is 2.38. The number of hydrogen-bond donors (Lipinski definition) is 0. The van der Waals surface area contributed by atoms with Crippen LogP contribution >= 0.6 is 0 Å². The van der Waals surface area contributed by atoms with Gasteiger partial charge in [0.05, 0.1) is 6.61 Å². The Hall–Kier alpha value is -0.613. The maximum atomic E-state index is 11.5. The monoisotopic (exact) mass is 356 g/mol. The average Bonchev–Trinajstić information content (AvgIpc) is 2.45. The fourth-order valence-electron chi connectivity index (χ4n) is 2.30. The quantitative estimate of drug-likeness (QED) is 0.179. The van der Waals surface area contributed by atoms with Gasteiger partial charge >= 0.3 is 5.97 Å². The summed E-state index contributed by atoms with van der Waals surface area (Å²) in [6, 6.07) is 0. The predicted octanol–water partition coefficient (Wildman–Crippen LogP) is 6.25. The smallest absolute Gasteiger partial charge is 0.330 e. The number of carbonyl (C=O) groups excluding carboxylic acids is 1. The zero-order valence-corrected chi connectivity index (χ0v) is 18.1. The molecule has 0 N–H and O–H groups in total. The Morgan fingerprint density at radius 2 is 1.71 bits per heavy atom. The van der Waals surface area contributed by atoms with Crippen LogP contribution in [0.3, 0.4) is 0 Å². The molecule has 0 unspecified atom stereocenters. The number of esters is 1. The van der Waals surface area contributed by atoms with Crippen LogP contribution in [0.4, 0.5) is 0 Å². The van der Waals surface area contributed by atoms with E-state index in [-0.39, 0.29) is 17.1 Å². The third kappa shape index (κ3) is 10.3. The molecule has 1 atom stereocenters. The van der Waals surface area contributed by atoms with Crippen molar-refractivity contribution in [3.05, 3.63) is 12.2 Å². The number of rotatable bonds is 12. The Kier molecular flexibility index (Phi) is 11.6. The molecule has 24 heavy (non-hydrogen) atoms. The molecule has 0 saturated heterocycles. The number of unbranched alkanes of at least 4 members (excludes halogenated alkanes) is 4. The van der Waals surface area contributed by atoms with E-state index in [0.717, 1.165) is 12.8 Å². The lowest BCUT2D eigenvalue weighted by Crippen LogP contribution is -2.43. The molecular weight excluding hydrogens is 316 g/mol. The maximum absolute atomic E-state index is 11.5. The summed E-state index contributed by atoms with van der Waals surface area (Å²) in [7, 11) is -1.79. The van der Waals surface area contributed by atoms with Gasteiger partial charge in [0.2, 0.25) is 0 Å². The van der Waals surface area contributed by atoms with E-state index in [9.17, 15) is 4.79 Å². The molecule has 0 fully saturated rings. The molecule has 0 radical (unpaired) electrons. The molecule has 0 aliphatic rings. The molecule has 0 saturated carbocycles. The van der Waals surface area contributed by atoms with E-state index in [1.54, 1.807) is 6.08 Å². The molecule has 0 aromatic heterocycles. The Balaban J connectivity index is 4.62. The van der Waals surface area contributed by atoms with Crippen molar-refractivity contribution in [3.63, 3.8) is 0 Å². The van der Waals surface area contributed by atoms with Gasteiger partial charge in [-0.2, -0.15) is 0 Å². The standard InChI is InChI=1S/C20H40O3Si/c1-8-10-11-12-13-15-18(16-14-17-19(21)22-9-2)23-24(6,7)20(3,4)5/h14,17-18H,8-13,15-16H2,1-7H3/t18-/m1/s1. The molecule has 4 heteroatoms. The zero-order chi connectivity index (χ0) is 18.6. The molecule has 142 valence electrons. The Morgan fingerprint density at radius 3 is 2.25 bits per heavy atom. The van der Waals surface area contributed by atoms with E-state index in [1.807, 2.05) is 13.0 Å². The largest absolute Gasteiger partial charge is 0.463 e. The highest BCUT2D eigenvalue weighted by atomic mass is 28.4. The minimum atomic E-state index is -1.79. The lowest BCUT2D eigenvalue weighted by atomic mass is 10.1. The van der Waals surface area contributed by atoms with Gasteiger partial charge in [-0.15, -0.1) is 0 Å². The van der Waals surface area contributed by atoms with Gasteiger partial charge in [-0.05, 0) is 37.9 Å². The second-order valence-corrected chi connectivity index (χ2v) is 12.8. The molecule has 0 bridgehead atoms. The van der Waals surface area contributed by atoms with Crippen molar-refractivity contribution >= 4 is 14.3 Å². The SMILES string of the molecule is CCCCCCC[C@H](CC=CC(=O)OCC)O[Si](C)(C)C(C)(C)C. The normalized spacial score (nSPS) is 14.1. The van der Waals surface area contributed by atoms with Gasteiger partial charge < -0.3 is 9.16 Å². The topological polar surface area (TPSA) is 35.5 Å². The molecule has 0 aliphatic heterocycles. The summed E-state index contributed by atoms with van der Waals surface area (Å²) >= 11 is 0. The van der Waals surface area contributed by atoms with Crippen molar-refractivity contribution in [2.24, 2.45) is 0 Å². The summed E-state index contributed by atoms with van der Waals surface area (Å²) in [5.41, 5.74) is 0. The van der Waals surface area contributed by atoms with Gasteiger partial charge in [0, 0.05) is 12.2 Å². The van der Waals surface area contributed by atoms with Gasteiger partial charge in [-0.3, -0.25) is 0 Å². The van der Waals surface area contributed by atoms with Crippen molar-refractivity contribution in [1.29, 1.82) is 0 Å². The zero-order valence-electron chi connectivity index (χ0n) is 17.1. The van der Waals surface area contributed by atoms with Gasteiger partial charge in [0.15, 0.2) is 8.32 Å². The minimum Gasteiger partial charge on any atom is -0.463 e. The molecule has 0 aliphatic carbocycles. The highest BCUT2D eigenvalue weighted by Crippen LogP contribution is 2.38. The molecule has 0 heterocycles. The van der Waals surface area contributed by atoms with Gasteiger partial charge in [-0.1, -0.05) is 65.9 Å². The van der Waals surface area contributed by atoms with Crippen molar-refractivity contribution < 1.29 is 14.0 Å². The molecule has 0 spiro atoms. The number of carbonyl (C=O) groups is 1. The Labute approximate surface area is 151 Å². The van der Waals surface area contributed by atoms with Crippen LogP contribution in [0.25, 0.3) is 0 Å². The minimum absolute atomic E-state index is 0.207. The first kappa shape index (κ1) is 23.4. The molecular formula is C20H40O3Si. The van der Waals surface area contributed by atoms with Crippen LogP contribution in [0, 0.1) is 0 Å². The predicted molar refractivity (Wildman–Crippen MR) is 106 cm³/mol. The lowest BCUT2D eigenvalue weighted by molar-refractivity contribution is -0.137. The van der Waals surface area contributed by atoms with Crippen LogP contribution in [0.1, 0.15) is 79.6 Å². The Bertz CT molecular complexity index is 370. The first-order valence-corrected chi connectivity index (χ1v) is 12.6. The summed E-state index contributed by atoms with van der Waals surface area (Å²) in [5, 5.41) is 0.207. The van der Waals surface area contributed by atoms with Crippen molar-refractivity contribution in [2.75, 3.05) is 6.61 Å². The fourth-order valence-corrected chi connectivity index (χ4v) is 3.70. The molecule has 0 aromatic carbocycles. The second kappa shape index (κ2) is 11.9. The second-order valence-electron chi connectivity index (χ2n) is 8.09. The summed E-state index contributed by atoms with van der Waals surface area (Å²) in [6.07, 6.45) is 11.9. The van der Waals surface area contributed by atoms with Crippen molar-refractivity contribution in [2.45, 2.75) is 104 Å². The van der Waals surface area contributed by atoms with E-state index >= 15 is 0 Å². The highest BCUT2D eigenvalue weighted by molar-refractivity contribution is 6.74. The number of ether oxygens (including phenoxy) is 1. The third-order valence-electron chi connectivity index (χ3n) is 4.84. The summed E-state index contributed by atoms with van der Waals surface area (Å²) in [4.78, 5) is 11.5. The molecule has 3 nitrogen and oxygen atoms in total. The van der Waals surface area contributed by atoms with E-state index in [4.69, 9.17) is 9.16 Å². The van der Waals surface area contributed by atoms with E-state index in [0.29, 0.717) is 6.61 Å². The van der Waals surface area contributed by atoms with Crippen LogP contribution < -0.4 is 0 Å². The summed E-state index contributed by atoms with van der Waals surface area (Å²) < 4.78 is 11.5. The van der Waals surface area contributed by atoms with Crippen LogP contribution in [-0.4, -0.2) is 27.0 Å². The summed E-state index contributed by atoms with van der Waals surface area (Å²) in [6.45, 7) is 15.9. The average molecular weight is 357 g/mol. The van der Waals surface area contributed by atoms with E-state index in [1.165, 1.54) is 32.1 Å². The Morgan fingerprint density at radius 1 is 1.08 bits per heavy atom. The maximum Gasteiger partial charge on any atom is 0.330 e. The van der Waals surface area contributed by atoms with Gasteiger partial charge in [0.1, 0.15) is 0 Å². The first-order chi connectivity index (χ1) is 11.1.